The van der Waals surface area contributed by atoms with E-state index in [-0.39, 0.29) is 24.3 Å². The number of hydrogen-bond acceptors (Lipinski definition) is 3. The lowest BCUT2D eigenvalue weighted by Gasteiger charge is -2.35. The number of halogens is 2. The molecule has 2 aromatic carbocycles. The maximum absolute atomic E-state index is 13.9. The maximum atomic E-state index is 13.9. The molecule has 1 saturated carbocycles. The summed E-state index contributed by atoms with van der Waals surface area (Å²) >= 11 is 1.51. The lowest BCUT2D eigenvalue weighted by molar-refractivity contribution is -0.143. The number of carbonyl (C=O) groups is 2. The van der Waals surface area contributed by atoms with Crippen LogP contribution in [0, 0.1) is 24.5 Å². The molecule has 162 valence electrons. The fourth-order valence-electron chi connectivity index (χ4n) is 5.12. The largest absolute Gasteiger partial charge is 0.315 e. The lowest BCUT2D eigenvalue weighted by atomic mass is 10.00. The number of rotatable bonds is 3. The second-order valence-electron chi connectivity index (χ2n) is 8.62. The van der Waals surface area contributed by atoms with E-state index in [2.05, 4.69) is 0 Å². The second-order valence-corrected chi connectivity index (χ2v) is 9.91. The Hall–Kier alpha value is -2.41. The van der Waals surface area contributed by atoms with Crippen LogP contribution in [0.25, 0.3) is 0 Å². The standard InChI is InChI=1S/C24H24F2N2O2S/c1-15-6-9-21-18(12-15)24(28(10-11-31-24)22(29)17-4-2-3-5-17)23(30)27(21)14-16-7-8-19(25)20(26)13-16/h6-9,12-13,17H,2-5,10-11,14H2,1H3. The fourth-order valence-corrected chi connectivity index (χ4v) is 6.58. The van der Waals surface area contributed by atoms with Crippen LogP contribution >= 0.6 is 11.8 Å². The molecule has 4 nitrogen and oxygen atoms in total. The predicted octanol–water partition coefficient (Wildman–Crippen LogP) is 4.74. The molecule has 0 bridgehead atoms. The van der Waals surface area contributed by atoms with E-state index >= 15 is 0 Å². The average molecular weight is 443 g/mol. The van der Waals surface area contributed by atoms with Gasteiger partial charge in [-0.05, 0) is 43.5 Å². The van der Waals surface area contributed by atoms with E-state index in [0.717, 1.165) is 54.6 Å². The fraction of sp³-hybridized carbons (Fsp3) is 0.417. The lowest BCUT2D eigenvalue weighted by Crippen LogP contribution is -2.51. The molecule has 0 N–H and O–H groups in total. The number of amides is 2. The number of nitrogens with zero attached hydrogens (tertiary/aromatic N) is 2. The van der Waals surface area contributed by atoms with Gasteiger partial charge < -0.3 is 9.80 Å². The van der Waals surface area contributed by atoms with Crippen molar-refractivity contribution in [3.05, 3.63) is 64.7 Å². The Morgan fingerprint density at radius 3 is 2.65 bits per heavy atom. The number of benzene rings is 2. The molecule has 1 unspecified atom stereocenters. The van der Waals surface area contributed by atoms with Gasteiger partial charge in [-0.2, -0.15) is 0 Å². The summed E-state index contributed by atoms with van der Waals surface area (Å²) in [6.45, 7) is 2.64. The van der Waals surface area contributed by atoms with E-state index < -0.39 is 16.5 Å². The van der Waals surface area contributed by atoms with Crippen molar-refractivity contribution in [3.63, 3.8) is 0 Å². The van der Waals surface area contributed by atoms with E-state index in [1.54, 1.807) is 9.80 Å². The minimum absolute atomic E-state index is 0.0168. The molecular formula is C24H24F2N2O2S. The molecule has 7 heteroatoms. The van der Waals surface area contributed by atoms with Gasteiger partial charge in [0.05, 0.1) is 12.2 Å². The maximum Gasteiger partial charge on any atom is 0.268 e. The van der Waals surface area contributed by atoms with Gasteiger partial charge in [0.1, 0.15) is 0 Å². The molecule has 2 aromatic rings. The predicted molar refractivity (Wildman–Crippen MR) is 117 cm³/mol. The SMILES string of the molecule is Cc1ccc2c(c1)C1(SCCN1C(=O)C1CCCC1)C(=O)N2Cc1ccc(F)c(F)c1. The van der Waals surface area contributed by atoms with Crippen LogP contribution in [0.2, 0.25) is 0 Å². The van der Waals surface area contributed by atoms with Crippen molar-refractivity contribution in [2.24, 2.45) is 5.92 Å². The number of hydrogen-bond donors (Lipinski definition) is 0. The summed E-state index contributed by atoms with van der Waals surface area (Å²) in [5, 5.41) is 0. The van der Waals surface area contributed by atoms with Gasteiger partial charge in [0.25, 0.3) is 5.91 Å². The van der Waals surface area contributed by atoms with Crippen molar-refractivity contribution >= 4 is 29.3 Å². The first-order valence-electron chi connectivity index (χ1n) is 10.7. The molecule has 31 heavy (non-hydrogen) atoms. The topological polar surface area (TPSA) is 40.6 Å². The summed E-state index contributed by atoms with van der Waals surface area (Å²) in [7, 11) is 0. The third kappa shape index (κ3) is 3.16. The van der Waals surface area contributed by atoms with Gasteiger partial charge >= 0.3 is 0 Å². The van der Waals surface area contributed by atoms with Gasteiger partial charge in [-0.25, -0.2) is 8.78 Å². The first-order valence-corrected chi connectivity index (χ1v) is 11.7. The van der Waals surface area contributed by atoms with Crippen LogP contribution < -0.4 is 4.90 Å². The highest BCUT2D eigenvalue weighted by atomic mass is 32.2. The summed E-state index contributed by atoms with van der Waals surface area (Å²) in [5.74, 6) is -1.28. The van der Waals surface area contributed by atoms with Crippen molar-refractivity contribution < 1.29 is 18.4 Å². The van der Waals surface area contributed by atoms with Gasteiger partial charge in [-0.3, -0.25) is 9.59 Å². The zero-order valence-electron chi connectivity index (χ0n) is 17.4. The van der Waals surface area contributed by atoms with E-state index in [0.29, 0.717) is 17.9 Å². The zero-order chi connectivity index (χ0) is 21.8. The van der Waals surface area contributed by atoms with Crippen LogP contribution in [0.15, 0.2) is 36.4 Å². The molecule has 1 aliphatic carbocycles. The Bertz CT molecular complexity index is 1070. The minimum Gasteiger partial charge on any atom is -0.315 e. The highest BCUT2D eigenvalue weighted by Crippen LogP contribution is 2.55. The Kier molecular flexibility index (Phi) is 5.04. The molecule has 2 heterocycles. The number of carbonyl (C=O) groups excluding carboxylic acids is 2. The smallest absolute Gasteiger partial charge is 0.268 e. The Balaban J connectivity index is 1.57. The van der Waals surface area contributed by atoms with Crippen molar-refractivity contribution in [1.82, 2.24) is 4.90 Å². The average Bonchev–Trinajstić information content (AvgIpc) is 3.48. The van der Waals surface area contributed by atoms with Crippen LogP contribution in [0.1, 0.15) is 42.4 Å². The van der Waals surface area contributed by atoms with Crippen LogP contribution in [-0.2, 0) is 21.0 Å². The first kappa shape index (κ1) is 20.5. The molecule has 0 radical (unpaired) electrons. The van der Waals surface area contributed by atoms with E-state index in [9.17, 15) is 18.4 Å². The molecule has 2 aliphatic heterocycles. The van der Waals surface area contributed by atoms with Crippen molar-refractivity contribution in [2.75, 3.05) is 17.2 Å². The van der Waals surface area contributed by atoms with Crippen LogP contribution in [0.4, 0.5) is 14.5 Å². The number of fused-ring (bicyclic) bond motifs is 2. The van der Waals surface area contributed by atoms with Crippen molar-refractivity contribution in [2.45, 2.75) is 44.0 Å². The molecule has 1 saturated heterocycles. The normalized spacial score (nSPS) is 23.3. The van der Waals surface area contributed by atoms with Crippen molar-refractivity contribution in [1.29, 1.82) is 0 Å². The summed E-state index contributed by atoms with van der Waals surface area (Å²) < 4.78 is 27.2. The second kappa shape index (κ2) is 7.62. The Morgan fingerprint density at radius 1 is 1.13 bits per heavy atom. The summed E-state index contributed by atoms with van der Waals surface area (Å²) in [6, 6.07) is 9.53. The molecule has 0 aromatic heterocycles. The van der Waals surface area contributed by atoms with Crippen LogP contribution in [0.3, 0.4) is 0 Å². The molecule has 1 spiro atoms. The number of aryl methyl sites for hydroxylation is 1. The van der Waals surface area contributed by atoms with E-state index in [1.807, 2.05) is 25.1 Å². The highest BCUT2D eigenvalue weighted by molar-refractivity contribution is 8.01. The van der Waals surface area contributed by atoms with E-state index in [1.165, 1.54) is 17.8 Å². The van der Waals surface area contributed by atoms with Gasteiger partial charge in [-0.1, -0.05) is 36.6 Å². The Labute approximate surface area is 184 Å². The van der Waals surface area contributed by atoms with Gasteiger partial charge in [0, 0.05) is 23.8 Å². The Morgan fingerprint density at radius 2 is 1.90 bits per heavy atom. The van der Waals surface area contributed by atoms with E-state index in [4.69, 9.17) is 0 Å². The molecule has 1 atom stereocenters. The van der Waals surface area contributed by atoms with Crippen LogP contribution in [0.5, 0.6) is 0 Å². The van der Waals surface area contributed by atoms with Crippen LogP contribution in [-0.4, -0.2) is 29.0 Å². The molecule has 2 fully saturated rings. The molecule has 5 rings (SSSR count). The molecule has 2 amide bonds. The third-order valence-corrected chi connectivity index (χ3v) is 8.06. The van der Waals surface area contributed by atoms with Gasteiger partial charge in [0.15, 0.2) is 16.5 Å². The zero-order valence-corrected chi connectivity index (χ0v) is 18.2. The molecule has 3 aliphatic rings. The summed E-state index contributed by atoms with van der Waals surface area (Å²) in [6.07, 6.45) is 3.86. The number of anilines is 1. The molecular weight excluding hydrogens is 418 g/mol. The quantitative estimate of drug-likeness (QED) is 0.690. The summed E-state index contributed by atoms with van der Waals surface area (Å²) in [4.78, 5) is 29.7. The highest BCUT2D eigenvalue weighted by Gasteiger charge is 2.60. The third-order valence-electron chi connectivity index (χ3n) is 6.64. The number of thioether (sulfide) groups is 1. The van der Waals surface area contributed by atoms with Gasteiger partial charge in [0.2, 0.25) is 5.91 Å². The van der Waals surface area contributed by atoms with Crippen molar-refractivity contribution in [3.8, 4) is 0 Å². The monoisotopic (exact) mass is 442 g/mol. The minimum atomic E-state index is -1.07. The summed E-state index contributed by atoms with van der Waals surface area (Å²) in [5.41, 5.74) is 3.08. The first-order chi connectivity index (χ1) is 14.9. The van der Waals surface area contributed by atoms with Gasteiger partial charge in [-0.15, -0.1) is 11.8 Å².